The van der Waals surface area contributed by atoms with E-state index >= 15 is 0 Å². The molecular weight excluding hydrogens is 164 g/mol. The van der Waals surface area contributed by atoms with E-state index < -0.39 is 0 Å². The first-order chi connectivity index (χ1) is 6.25. The summed E-state index contributed by atoms with van der Waals surface area (Å²) in [4.78, 5) is 21.5. The molecule has 0 aliphatic heterocycles. The van der Waals surface area contributed by atoms with E-state index in [2.05, 4.69) is 0 Å². The summed E-state index contributed by atoms with van der Waals surface area (Å²) in [5.74, 6) is 1.20. The Balaban J connectivity index is 2.30. The second kappa shape index (κ2) is 5.15. The van der Waals surface area contributed by atoms with Crippen LogP contribution in [0.4, 0.5) is 0 Å². The number of Topliss-reactive ketones (excluding diaryl/α,β-unsaturated/α-hetero) is 1. The van der Waals surface area contributed by atoms with Gasteiger partial charge in [-0.2, -0.15) is 0 Å². The molecule has 2 nitrogen and oxygen atoms in total. The average Bonchev–Trinajstić information content (AvgIpc) is 2.13. The summed E-state index contributed by atoms with van der Waals surface area (Å²) in [5.41, 5.74) is 0. The lowest BCUT2D eigenvalue weighted by Crippen LogP contribution is -2.25. The lowest BCUT2D eigenvalue weighted by molar-refractivity contribution is -0.126. The number of unbranched alkanes of at least 4 members (excludes halogenated alkanes) is 1. The number of aldehydes is 1. The molecule has 0 heterocycles. The highest BCUT2D eigenvalue weighted by Crippen LogP contribution is 2.30. The summed E-state index contributed by atoms with van der Waals surface area (Å²) in [6, 6.07) is 0. The topological polar surface area (TPSA) is 34.1 Å². The van der Waals surface area contributed by atoms with Gasteiger partial charge in [0.25, 0.3) is 0 Å². The van der Waals surface area contributed by atoms with Crippen LogP contribution in [-0.2, 0) is 9.59 Å². The second-order valence-electron chi connectivity index (χ2n) is 4.00. The Labute approximate surface area is 79.7 Å². The van der Waals surface area contributed by atoms with Crippen LogP contribution >= 0.6 is 0 Å². The zero-order chi connectivity index (χ0) is 9.68. The quantitative estimate of drug-likeness (QED) is 0.494. The average molecular weight is 182 g/mol. The van der Waals surface area contributed by atoms with E-state index in [0.29, 0.717) is 18.1 Å². The smallest absolute Gasteiger partial charge is 0.135 e. The first kappa shape index (κ1) is 10.4. The van der Waals surface area contributed by atoms with Crippen molar-refractivity contribution in [1.29, 1.82) is 0 Å². The first-order valence-corrected chi connectivity index (χ1v) is 5.22. The predicted octanol–water partition coefficient (Wildman–Crippen LogP) is 2.36. The van der Waals surface area contributed by atoms with Gasteiger partial charge in [0.1, 0.15) is 12.1 Å². The minimum absolute atomic E-state index is 0.236. The fourth-order valence-corrected chi connectivity index (χ4v) is 2.14. The van der Waals surface area contributed by atoms with Crippen LogP contribution in [0.2, 0.25) is 0 Å². The number of hydrogen-bond donors (Lipinski definition) is 0. The van der Waals surface area contributed by atoms with Crippen LogP contribution in [0.3, 0.4) is 0 Å². The van der Waals surface area contributed by atoms with Gasteiger partial charge in [0, 0.05) is 18.8 Å². The van der Waals surface area contributed by atoms with Gasteiger partial charge >= 0.3 is 0 Å². The van der Waals surface area contributed by atoms with Crippen molar-refractivity contribution >= 4 is 12.1 Å². The molecule has 0 aromatic heterocycles. The van der Waals surface area contributed by atoms with Gasteiger partial charge in [-0.15, -0.1) is 0 Å². The Morgan fingerprint density at radius 3 is 3.00 bits per heavy atom. The monoisotopic (exact) mass is 182 g/mol. The van der Waals surface area contributed by atoms with Crippen molar-refractivity contribution in [2.75, 3.05) is 0 Å². The highest BCUT2D eigenvalue weighted by molar-refractivity contribution is 5.81. The number of hydrogen-bond acceptors (Lipinski definition) is 2. The van der Waals surface area contributed by atoms with Crippen LogP contribution in [-0.4, -0.2) is 12.1 Å². The normalized spacial score (nSPS) is 28.8. The summed E-state index contributed by atoms with van der Waals surface area (Å²) in [7, 11) is 0. The molecule has 1 rings (SSSR count). The van der Waals surface area contributed by atoms with E-state index in [1.807, 2.05) is 6.92 Å². The number of ketones is 1. The van der Waals surface area contributed by atoms with Gasteiger partial charge in [-0.05, 0) is 31.6 Å². The fraction of sp³-hybridized carbons (Fsp3) is 0.818. The maximum absolute atomic E-state index is 11.4. The molecule has 2 atom stereocenters. The molecule has 0 unspecified atom stereocenters. The zero-order valence-corrected chi connectivity index (χ0v) is 8.29. The third-order valence-corrected chi connectivity index (χ3v) is 3.11. The number of rotatable bonds is 4. The van der Waals surface area contributed by atoms with Gasteiger partial charge in [0.2, 0.25) is 0 Å². The molecule has 0 aromatic carbocycles. The molecule has 0 spiro atoms. The van der Waals surface area contributed by atoms with Crippen LogP contribution in [0.1, 0.15) is 45.4 Å². The molecule has 1 saturated carbocycles. The third-order valence-electron chi connectivity index (χ3n) is 3.11. The van der Waals surface area contributed by atoms with Crippen molar-refractivity contribution in [3.8, 4) is 0 Å². The number of carbonyl (C=O) groups is 2. The van der Waals surface area contributed by atoms with Crippen molar-refractivity contribution in [2.24, 2.45) is 11.8 Å². The van der Waals surface area contributed by atoms with Crippen LogP contribution in [0.5, 0.6) is 0 Å². The van der Waals surface area contributed by atoms with Crippen LogP contribution < -0.4 is 0 Å². The van der Waals surface area contributed by atoms with Crippen molar-refractivity contribution in [3.63, 3.8) is 0 Å². The lowest BCUT2D eigenvalue weighted by atomic mass is 9.77. The first-order valence-electron chi connectivity index (χ1n) is 5.22. The van der Waals surface area contributed by atoms with Crippen LogP contribution in [0.25, 0.3) is 0 Å². The van der Waals surface area contributed by atoms with Gasteiger partial charge < -0.3 is 4.79 Å². The van der Waals surface area contributed by atoms with Gasteiger partial charge in [-0.25, -0.2) is 0 Å². The third kappa shape index (κ3) is 2.94. The Bertz CT molecular complexity index is 187. The minimum atomic E-state index is 0.236. The Hall–Kier alpha value is -0.660. The highest BCUT2D eigenvalue weighted by Gasteiger charge is 2.27. The molecule has 0 radical (unpaired) electrons. The predicted molar refractivity (Wildman–Crippen MR) is 51.4 cm³/mol. The summed E-state index contributed by atoms with van der Waals surface area (Å²) in [5, 5.41) is 0. The SMILES string of the molecule is C[C@H]1C(=O)CCC[C@H]1CCCC=O. The van der Waals surface area contributed by atoms with Gasteiger partial charge in [0.15, 0.2) is 0 Å². The lowest BCUT2D eigenvalue weighted by Gasteiger charge is -2.27. The van der Waals surface area contributed by atoms with Gasteiger partial charge in [0.05, 0.1) is 0 Å². The van der Waals surface area contributed by atoms with Gasteiger partial charge in [-0.1, -0.05) is 6.92 Å². The molecule has 0 aromatic rings. The standard InChI is InChI=1S/C11H18O2/c1-9-10(5-2-3-8-12)6-4-7-11(9)13/h8-10H,2-7H2,1H3/t9-,10-/m1/s1. The van der Waals surface area contributed by atoms with E-state index in [1.165, 1.54) is 6.42 Å². The molecular formula is C11H18O2. The summed E-state index contributed by atoms with van der Waals surface area (Å²) in [6.45, 7) is 2.03. The molecule has 13 heavy (non-hydrogen) atoms. The van der Waals surface area contributed by atoms with E-state index in [0.717, 1.165) is 32.0 Å². The summed E-state index contributed by atoms with van der Waals surface area (Å²) < 4.78 is 0. The van der Waals surface area contributed by atoms with Crippen LogP contribution in [0, 0.1) is 11.8 Å². The molecule has 74 valence electrons. The van der Waals surface area contributed by atoms with E-state index in [9.17, 15) is 9.59 Å². The van der Waals surface area contributed by atoms with Crippen molar-refractivity contribution < 1.29 is 9.59 Å². The molecule has 2 heteroatoms. The van der Waals surface area contributed by atoms with Crippen molar-refractivity contribution in [2.45, 2.75) is 45.4 Å². The maximum atomic E-state index is 11.4. The Morgan fingerprint density at radius 1 is 1.54 bits per heavy atom. The van der Waals surface area contributed by atoms with E-state index in [-0.39, 0.29) is 5.92 Å². The summed E-state index contributed by atoms with van der Waals surface area (Å²) in [6.07, 6.45) is 6.61. The van der Waals surface area contributed by atoms with E-state index in [4.69, 9.17) is 0 Å². The minimum Gasteiger partial charge on any atom is -0.303 e. The molecule has 1 fully saturated rings. The molecule has 0 saturated heterocycles. The van der Waals surface area contributed by atoms with E-state index in [1.54, 1.807) is 0 Å². The van der Waals surface area contributed by atoms with Gasteiger partial charge in [-0.3, -0.25) is 4.79 Å². The molecule has 0 N–H and O–H groups in total. The summed E-state index contributed by atoms with van der Waals surface area (Å²) >= 11 is 0. The number of carbonyl (C=O) groups excluding carboxylic acids is 2. The molecule has 1 aliphatic carbocycles. The van der Waals surface area contributed by atoms with Crippen molar-refractivity contribution in [1.82, 2.24) is 0 Å². The van der Waals surface area contributed by atoms with Crippen molar-refractivity contribution in [3.05, 3.63) is 0 Å². The molecule has 1 aliphatic rings. The second-order valence-corrected chi connectivity index (χ2v) is 4.00. The Morgan fingerprint density at radius 2 is 2.31 bits per heavy atom. The highest BCUT2D eigenvalue weighted by atomic mass is 16.1. The fourth-order valence-electron chi connectivity index (χ4n) is 2.14. The van der Waals surface area contributed by atoms with Crippen LogP contribution in [0.15, 0.2) is 0 Å². The molecule has 0 amide bonds. The molecule has 0 bridgehead atoms. The zero-order valence-electron chi connectivity index (χ0n) is 8.29. The Kier molecular flexibility index (Phi) is 4.13. The largest absolute Gasteiger partial charge is 0.303 e. The maximum Gasteiger partial charge on any atom is 0.135 e.